The molecule has 7 nitrogen and oxygen atoms in total. The first kappa shape index (κ1) is 13.0. The lowest BCUT2D eigenvalue weighted by atomic mass is 10.1. The normalized spacial score (nSPS) is 10.7. The van der Waals surface area contributed by atoms with Crippen molar-refractivity contribution in [3.8, 4) is 0 Å². The number of rotatable bonds is 4. The molecule has 0 atom stereocenters. The standard InChI is InChI=1S/C14H12N4O3/c1-9-6-17-14(21-9)8-16-12-2-3-13(18(19)20)11-7-15-5-4-10(11)12/h2-7,16H,8H2,1H3. The minimum absolute atomic E-state index is 0.0376. The quantitative estimate of drug-likeness (QED) is 0.584. The summed E-state index contributed by atoms with van der Waals surface area (Å²) >= 11 is 0. The van der Waals surface area contributed by atoms with Crippen molar-refractivity contribution in [2.75, 3.05) is 5.32 Å². The highest BCUT2D eigenvalue weighted by atomic mass is 16.6. The van der Waals surface area contributed by atoms with Crippen molar-refractivity contribution in [3.63, 3.8) is 0 Å². The predicted octanol–water partition coefficient (Wildman–Crippen LogP) is 3.05. The van der Waals surface area contributed by atoms with Gasteiger partial charge in [-0.15, -0.1) is 0 Å². The highest BCUT2D eigenvalue weighted by Gasteiger charge is 2.14. The Kier molecular flexibility index (Phi) is 3.23. The van der Waals surface area contributed by atoms with Crippen LogP contribution in [0.4, 0.5) is 11.4 Å². The summed E-state index contributed by atoms with van der Waals surface area (Å²) in [5, 5.41) is 15.5. The van der Waals surface area contributed by atoms with E-state index in [9.17, 15) is 10.1 Å². The van der Waals surface area contributed by atoms with Crippen LogP contribution in [0.1, 0.15) is 11.7 Å². The number of benzene rings is 1. The molecular formula is C14H12N4O3. The van der Waals surface area contributed by atoms with Gasteiger partial charge in [0.05, 0.1) is 23.1 Å². The number of aromatic nitrogens is 2. The molecule has 0 aliphatic heterocycles. The minimum Gasteiger partial charge on any atom is -0.444 e. The Morgan fingerprint density at radius 2 is 2.14 bits per heavy atom. The number of fused-ring (bicyclic) bond motifs is 1. The number of aryl methyl sites for hydroxylation is 1. The number of hydrogen-bond acceptors (Lipinski definition) is 6. The number of pyridine rings is 1. The molecule has 0 unspecified atom stereocenters. The molecule has 0 spiro atoms. The molecule has 0 amide bonds. The van der Waals surface area contributed by atoms with Crippen LogP contribution in [0.25, 0.3) is 10.8 Å². The molecule has 2 aromatic heterocycles. The van der Waals surface area contributed by atoms with E-state index in [-0.39, 0.29) is 5.69 Å². The third-order valence-electron chi connectivity index (χ3n) is 3.09. The monoisotopic (exact) mass is 284 g/mol. The zero-order valence-electron chi connectivity index (χ0n) is 11.2. The van der Waals surface area contributed by atoms with E-state index in [1.54, 1.807) is 24.5 Å². The maximum atomic E-state index is 11.0. The Morgan fingerprint density at radius 1 is 1.29 bits per heavy atom. The highest BCUT2D eigenvalue weighted by Crippen LogP contribution is 2.30. The van der Waals surface area contributed by atoms with Gasteiger partial charge in [0.25, 0.3) is 5.69 Å². The summed E-state index contributed by atoms with van der Waals surface area (Å²) in [6.07, 6.45) is 4.75. The molecule has 3 rings (SSSR count). The van der Waals surface area contributed by atoms with Crippen LogP contribution in [-0.2, 0) is 6.54 Å². The van der Waals surface area contributed by atoms with E-state index in [4.69, 9.17) is 4.42 Å². The lowest BCUT2D eigenvalue weighted by Gasteiger charge is -2.08. The first-order chi connectivity index (χ1) is 10.1. The summed E-state index contributed by atoms with van der Waals surface area (Å²) in [7, 11) is 0. The second-order valence-corrected chi connectivity index (χ2v) is 4.53. The van der Waals surface area contributed by atoms with Crippen molar-refractivity contribution in [1.29, 1.82) is 0 Å². The van der Waals surface area contributed by atoms with Crippen LogP contribution < -0.4 is 5.32 Å². The fourth-order valence-corrected chi connectivity index (χ4v) is 2.14. The van der Waals surface area contributed by atoms with Crippen LogP contribution in [0.3, 0.4) is 0 Å². The Morgan fingerprint density at radius 3 is 2.86 bits per heavy atom. The lowest BCUT2D eigenvalue weighted by Crippen LogP contribution is -2.01. The van der Waals surface area contributed by atoms with E-state index >= 15 is 0 Å². The minimum atomic E-state index is -0.411. The molecule has 3 aromatic rings. The molecule has 1 aromatic carbocycles. The van der Waals surface area contributed by atoms with E-state index in [1.165, 1.54) is 12.3 Å². The summed E-state index contributed by atoms with van der Waals surface area (Å²) in [5.74, 6) is 1.30. The molecule has 0 aliphatic carbocycles. The van der Waals surface area contributed by atoms with Gasteiger partial charge in [0, 0.05) is 29.5 Å². The van der Waals surface area contributed by atoms with E-state index < -0.39 is 4.92 Å². The van der Waals surface area contributed by atoms with Crippen LogP contribution >= 0.6 is 0 Å². The van der Waals surface area contributed by atoms with Gasteiger partial charge in [0.2, 0.25) is 5.89 Å². The highest BCUT2D eigenvalue weighted by molar-refractivity contribution is 5.99. The molecule has 106 valence electrons. The topological polar surface area (TPSA) is 94.1 Å². The number of anilines is 1. The molecule has 0 bridgehead atoms. The van der Waals surface area contributed by atoms with Crippen molar-refractivity contribution >= 4 is 22.1 Å². The number of nitro groups is 1. The zero-order chi connectivity index (χ0) is 14.8. The van der Waals surface area contributed by atoms with Gasteiger partial charge in [-0.2, -0.15) is 0 Å². The molecular weight excluding hydrogens is 272 g/mol. The molecule has 0 fully saturated rings. The van der Waals surface area contributed by atoms with Crippen molar-refractivity contribution in [2.45, 2.75) is 13.5 Å². The molecule has 0 saturated carbocycles. The molecule has 0 aliphatic rings. The Bertz CT molecular complexity index is 813. The van der Waals surface area contributed by atoms with Crippen molar-refractivity contribution in [2.24, 2.45) is 0 Å². The average molecular weight is 284 g/mol. The second-order valence-electron chi connectivity index (χ2n) is 4.53. The van der Waals surface area contributed by atoms with Crippen LogP contribution in [0, 0.1) is 17.0 Å². The first-order valence-electron chi connectivity index (χ1n) is 6.31. The molecule has 1 N–H and O–H groups in total. The number of non-ortho nitro benzene ring substituents is 1. The molecule has 0 saturated heterocycles. The smallest absolute Gasteiger partial charge is 0.278 e. The van der Waals surface area contributed by atoms with Crippen LogP contribution in [0.15, 0.2) is 41.2 Å². The summed E-state index contributed by atoms with van der Waals surface area (Å²) in [6, 6.07) is 4.88. The van der Waals surface area contributed by atoms with Gasteiger partial charge in [-0.25, -0.2) is 4.98 Å². The average Bonchev–Trinajstić information content (AvgIpc) is 2.90. The van der Waals surface area contributed by atoms with Crippen LogP contribution in [-0.4, -0.2) is 14.9 Å². The van der Waals surface area contributed by atoms with Gasteiger partial charge in [0.15, 0.2) is 0 Å². The number of nitrogens with one attached hydrogen (secondary N) is 1. The van der Waals surface area contributed by atoms with Gasteiger partial charge in [-0.1, -0.05) is 0 Å². The van der Waals surface area contributed by atoms with E-state index in [0.29, 0.717) is 17.8 Å². The largest absolute Gasteiger partial charge is 0.444 e. The zero-order valence-corrected chi connectivity index (χ0v) is 11.2. The van der Waals surface area contributed by atoms with Crippen LogP contribution in [0.5, 0.6) is 0 Å². The van der Waals surface area contributed by atoms with Gasteiger partial charge in [-0.3, -0.25) is 15.1 Å². The maximum Gasteiger partial charge on any atom is 0.278 e. The summed E-state index contributed by atoms with van der Waals surface area (Å²) < 4.78 is 5.39. The van der Waals surface area contributed by atoms with Gasteiger partial charge in [0.1, 0.15) is 5.76 Å². The first-order valence-corrected chi connectivity index (χ1v) is 6.31. The Hall–Kier alpha value is -2.96. The van der Waals surface area contributed by atoms with Gasteiger partial charge in [-0.05, 0) is 19.1 Å². The predicted molar refractivity (Wildman–Crippen MR) is 77.0 cm³/mol. The number of hydrogen-bond donors (Lipinski definition) is 1. The lowest BCUT2D eigenvalue weighted by molar-refractivity contribution is -0.383. The van der Waals surface area contributed by atoms with Crippen LogP contribution in [0.2, 0.25) is 0 Å². The summed E-state index contributed by atoms with van der Waals surface area (Å²) in [6.45, 7) is 2.23. The van der Waals surface area contributed by atoms with Gasteiger partial charge < -0.3 is 9.73 Å². The Balaban J connectivity index is 1.96. The third kappa shape index (κ3) is 2.53. The van der Waals surface area contributed by atoms with E-state index in [0.717, 1.165) is 16.8 Å². The van der Waals surface area contributed by atoms with E-state index in [2.05, 4.69) is 15.3 Å². The fourth-order valence-electron chi connectivity index (χ4n) is 2.14. The molecule has 0 radical (unpaired) electrons. The van der Waals surface area contributed by atoms with Crippen molar-refractivity contribution in [1.82, 2.24) is 9.97 Å². The second kappa shape index (κ2) is 5.20. The number of nitrogens with zero attached hydrogens (tertiary/aromatic N) is 3. The SMILES string of the molecule is Cc1cnc(CNc2ccc([N+](=O)[O-])c3cnccc23)o1. The Labute approximate surface area is 119 Å². The molecule has 21 heavy (non-hydrogen) atoms. The maximum absolute atomic E-state index is 11.0. The molecule has 7 heteroatoms. The summed E-state index contributed by atoms with van der Waals surface area (Å²) in [5.41, 5.74) is 0.810. The van der Waals surface area contributed by atoms with E-state index in [1.807, 2.05) is 6.92 Å². The van der Waals surface area contributed by atoms with Crippen molar-refractivity contribution in [3.05, 3.63) is 58.6 Å². The third-order valence-corrected chi connectivity index (χ3v) is 3.09. The van der Waals surface area contributed by atoms with Crippen molar-refractivity contribution < 1.29 is 9.34 Å². The molecule has 2 heterocycles. The van der Waals surface area contributed by atoms with Gasteiger partial charge >= 0.3 is 0 Å². The number of nitro benzene ring substituents is 1. The fraction of sp³-hybridized carbons (Fsp3) is 0.143. The summed E-state index contributed by atoms with van der Waals surface area (Å²) in [4.78, 5) is 18.7. The number of oxazole rings is 1.